The molecular formula is C17H18N4. The maximum atomic E-state index is 5.85. The molecule has 0 atom stereocenters. The van der Waals surface area contributed by atoms with Crippen molar-refractivity contribution >= 4 is 28.1 Å². The van der Waals surface area contributed by atoms with E-state index in [-0.39, 0.29) is 5.92 Å². The number of rotatable bonds is 3. The summed E-state index contributed by atoms with van der Waals surface area (Å²) in [7, 11) is 0. The van der Waals surface area contributed by atoms with Crippen LogP contribution in [0.4, 0.5) is 17.3 Å². The fraction of sp³-hybridized carbons (Fsp3) is 0.176. The van der Waals surface area contributed by atoms with E-state index in [2.05, 4.69) is 53.4 Å². The molecule has 0 fully saturated rings. The van der Waals surface area contributed by atoms with Crippen LogP contribution in [0.5, 0.6) is 0 Å². The van der Waals surface area contributed by atoms with Crippen molar-refractivity contribution in [3.63, 3.8) is 0 Å². The van der Waals surface area contributed by atoms with Crippen molar-refractivity contribution in [2.75, 3.05) is 11.1 Å². The van der Waals surface area contributed by atoms with Crippen LogP contribution in [0.2, 0.25) is 0 Å². The Morgan fingerprint density at radius 2 is 1.71 bits per heavy atom. The average Bonchev–Trinajstić information content (AvgIpc) is 2.46. The first-order valence-electron chi connectivity index (χ1n) is 7.02. The number of hydrogen-bond donors (Lipinski definition) is 2. The summed E-state index contributed by atoms with van der Waals surface area (Å²) in [5, 5.41) is 5.71. The van der Waals surface area contributed by atoms with Gasteiger partial charge in [-0.15, -0.1) is 0 Å². The van der Waals surface area contributed by atoms with Gasteiger partial charge in [0, 0.05) is 17.7 Å². The lowest BCUT2D eigenvalue weighted by Gasteiger charge is -2.10. The summed E-state index contributed by atoms with van der Waals surface area (Å²) in [6, 6.07) is 16.2. The maximum absolute atomic E-state index is 5.85. The zero-order chi connectivity index (χ0) is 14.8. The van der Waals surface area contributed by atoms with Crippen LogP contribution in [-0.2, 0) is 0 Å². The quantitative estimate of drug-likeness (QED) is 0.757. The predicted molar refractivity (Wildman–Crippen MR) is 87.8 cm³/mol. The van der Waals surface area contributed by atoms with E-state index in [0.717, 1.165) is 17.3 Å². The van der Waals surface area contributed by atoms with Gasteiger partial charge in [-0.05, 0) is 22.9 Å². The Labute approximate surface area is 124 Å². The highest BCUT2D eigenvalue weighted by Gasteiger charge is 2.07. The van der Waals surface area contributed by atoms with Gasteiger partial charge in [-0.1, -0.05) is 44.2 Å². The van der Waals surface area contributed by atoms with Crippen molar-refractivity contribution in [1.29, 1.82) is 0 Å². The van der Waals surface area contributed by atoms with Crippen LogP contribution in [0.15, 0.2) is 48.5 Å². The molecule has 3 rings (SSSR count). The molecule has 0 aliphatic heterocycles. The number of aromatic nitrogens is 2. The number of nitrogens with two attached hydrogens (primary N) is 1. The predicted octanol–water partition coefficient (Wildman–Crippen LogP) is 4.08. The van der Waals surface area contributed by atoms with Gasteiger partial charge in [-0.3, -0.25) is 0 Å². The van der Waals surface area contributed by atoms with E-state index in [9.17, 15) is 0 Å². The summed E-state index contributed by atoms with van der Waals surface area (Å²) < 4.78 is 0. The Balaban J connectivity index is 1.94. The molecule has 4 nitrogen and oxygen atoms in total. The summed E-state index contributed by atoms with van der Waals surface area (Å²) in [5.41, 5.74) is 6.84. The van der Waals surface area contributed by atoms with Crippen LogP contribution in [0.1, 0.15) is 25.6 Å². The normalized spacial score (nSPS) is 11.0. The summed E-state index contributed by atoms with van der Waals surface area (Å²) in [5.74, 6) is 2.20. The lowest BCUT2D eigenvalue weighted by atomic mass is 10.1. The molecule has 0 saturated heterocycles. The Bertz CT molecular complexity index is 781. The van der Waals surface area contributed by atoms with Gasteiger partial charge in [0.15, 0.2) is 0 Å². The van der Waals surface area contributed by atoms with E-state index in [0.29, 0.717) is 5.82 Å². The molecule has 3 aromatic rings. The molecule has 0 unspecified atom stereocenters. The van der Waals surface area contributed by atoms with Gasteiger partial charge < -0.3 is 11.1 Å². The van der Waals surface area contributed by atoms with Crippen molar-refractivity contribution < 1.29 is 0 Å². The Morgan fingerprint density at radius 1 is 0.952 bits per heavy atom. The summed E-state index contributed by atoms with van der Waals surface area (Å²) in [6.45, 7) is 4.10. The number of hydrogen-bond acceptors (Lipinski definition) is 4. The molecule has 3 N–H and O–H groups in total. The van der Waals surface area contributed by atoms with Gasteiger partial charge in [0.2, 0.25) is 0 Å². The second-order valence-corrected chi connectivity index (χ2v) is 5.38. The molecular weight excluding hydrogens is 260 g/mol. The van der Waals surface area contributed by atoms with Gasteiger partial charge in [0.25, 0.3) is 0 Å². The molecule has 4 heteroatoms. The minimum atomic E-state index is 0.241. The maximum Gasteiger partial charge on any atom is 0.136 e. The van der Waals surface area contributed by atoms with E-state index in [4.69, 9.17) is 5.73 Å². The van der Waals surface area contributed by atoms with Gasteiger partial charge >= 0.3 is 0 Å². The highest BCUT2D eigenvalue weighted by atomic mass is 15.1. The summed E-state index contributed by atoms with van der Waals surface area (Å²) >= 11 is 0. The lowest BCUT2D eigenvalue weighted by molar-refractivity contribution is 0.779. The Kier molecular flexibility index (Phi) is 3.44. The number of benzene rings is 2. The van der Waals surface area contributed by atoms with Crippen LogP contribution < -0.4 is 11.1 Å². The molecule has 0 radical (unpaired) electrons. The summed E-state index contributed by atoms with van der Waals surface area (Å²) in [6.07, 6.45) is 0. The van der Waals surface area contributed by atoms with Gasteiger partial charge in [0.05, 0.1) is 0 Å². The average molecular weight is 278 g/mol. The number of nitrogens with one attached hydrogen (secondary N) is 1. The highest BCUT2D eigenvalue weighted by Crippen LogP contribution is 2.23. The molecule has 0 bridgehead atoms. The number of anilines is 3. The van der Waals surface area contributed by atoms with Crippen molar-refractivity contribution in [3.8, 4) is 0 Å². The third-order valence-corrected chi connectivity index (χ3v) is 3.30. The minimum Gasteiger partial charge on any atom is -0.384 e. The van der Waals surface area contributed by atoms with Crippen molar-refractivity contribution in [3.05, 3.63) is 54.4 Å². The number of fused-ring (bicyclic) bond motifs is 1. The molecule has 106 valence electrons. The molecule has 0 amide bonds. The van der Waals surface area contributed by atoms with Crippen molar-refractivity contribution in [1.82, 2.24) is 9.97 Å². The molecule has 0 saturated carbocycles. The lowest BCUT2D eigenvalue weighted by Crippen LogP contribution is -2.04. The second kappa shape index (κ2) is 5.40. The first-order chi connectivity index (χ1) is 10.1. The van der Waals surface area contributed by atoms with Crippen LogP contribution in [0, 0.1) is 0 Å². The van der Waals surface area contributed by atoms with E-state index in [1.54, 1.807) is 6.07 Å². The third-order valence-electron chi connectivity index (χ3n) is 3.30. The van der Waals surface area contributed by atoms with Crippen molar-refractivity contribution in [2.45, 2.75) is 19.8 Å². The Morgan fingerprint density at radius 3 is 2.48 bits per heavy atom. The highest BCUT2D eigenvalue weighted by molar-refractivity contribution is 5.86. The first kappa shape index (κ1) is 13.4. The topological polar surface area (TPSA) is 63.8 Å². The van der Waals surface area contributed by atoms with E-state index in [1.165, 1.54) is 10.8 Å². The van der Waals surface area contributed by atoms with E-state index >= 15 is 0 Å². The standard InChI is InChI=1S/C17H18N4/c1-11(2)17-20-15(18)10-16(21-17)19-14-8-7-12-5-3-4-6-13(12)9-14/h3-11H,1-2H3,(H3,18,19,20,21). The van der Waals surface area contributed by atoms with Crippen LogP contribution >= 0.6 is 0 Å². The van der Waals surface area contributed by atoms with Crippen molar-refractivity contribution in [2.24, 2.45) is 0 Å². The molecule has 0 spiro atoms. The molecule has 1 aromatic heterocycles. The van der Waals surface area contributed by atoms with Crippen LogP contribution in [0.3, 0.4) is 0 Å². The largest absolute Gasteiger partial charge is 0.384 e. The Hall–Kier alpha value is -2.62. The smallest absolute Gasteiger partial charge is 0.136 e. The summed E-state index contributed by atoms with van der Waals surface area (Å²) in [4.78, 5) is 8.76. The van der Waals surface area contributed by atoms with Crippen LogP contribution in [0.25, 0.3) is 10.8 Å². The van der Waals surface area contributed by atoms with Gasteiger partial charge in [-0.25, -0.2) is 9.97 Å². The molecule has 2 aromatic carbocycles. The van der Waals surface area contributed by atoms with Crippen LogP contribution in [-0.4, -0.2) is 9.97 Å². The number of nitrogens with zero attached hydrogens (tertiary/aromatic N) is 2. The molecule has 21 heavy (non-hydrogen) atoms. The fourth-order valence-corrected chi connectivity index (χ4v) is 2.22. The SMILES string of the molecule is CC(C)c1nc(N)cc(Nc2ccc3ccccc3c2)n1. The molecule has 1 heterocycles. The number of nitrogen functional groups attached to an aromatic ring is 1. The molecule has 0 aliphatic carbocycles. The van der Waals surface area contributed by atoms with E-state index in [1.807, 2.05) is 18.2 Å². The zero-order valence-corrected chi connectivity index (χ0v) is 12.2. The minimum absolute atomic E-state index is 0.241. The fourth-order valence-electron chi connectivity index (χ4n) is 2.22. The third kappa shape index (κ3) is 2.94. The second-order valence-electron chi connectivity index (χ2n) is 5.38. The van der Waals surface area contributed by atoms with Gasteiger partial charge in [0.1, 0.15) is 17.5 Å². The van der Waals surface area contributed by atoms with Gasteiger partial charge in [-0.2, -0.15) is 0 Å². The monoisotopic (exact) mass is 278 g/mol. The zero-order valence-electron chi connectivity index (χ0n) is 12.2. The molecule has 0 aliphatic rings. The van der Waals surface area contributed by atoms with E-state index < -0.39 is 0 Å². The first-order valence-corrected chi connectivity index (χ1v) is 7.02.